The van der Waals surface area contributed by atoms with Crippen molar-refractivity contribution in [3.05, 3.63) is 0 Å². The van der Waals surface area contributed by atoms with Gasteiger partial charge in [-0.05, 0) is 53.4 Å². The van der Waals surface area contributed by atoms with Crippen molar-refractivity contribution in [1.82, 2.24) is 15.5 Å². The summed E-state index contributed by atoms with van der Waals surface area (Å²) in [6.07, 6.45) is 10.3. The predicted molar refractivity (Wildman–Crippen MR) is 85.7 cm³/mol. The highest BCUT2D eigenvalue weighted by Gasteiger charge is 2.38. The van der Waals surface area contributed by atoms with Gasteiger partial charge in [0.1, 0.15) is 0 Å². The van der Waals surface area contributed by atoms with Gasteiger partial charge in [0, 0.05) is 36.3 Å². The van der Waals surface area contributed by atoms with E-state index in [2.05, 4.69) is 49.1 Å². The molecule has 0 unspecified atom stereocenters. The van der Waals surface area contributed by atoms with E-state index in [4.69, 9.17) is 6.42 Å². The molecule has 0 bridgehead atoms. The average Bonchev–Trinajstić information content (AvgIpc) is 2.28. The van der Waals surface area contributed by atoms with Crippen molar-refractivity contribution < 1.29 is 0 Å². The van der Waals surface area contributed by atoms with Crippen molar-refractivity contribution in [2.24, 2.45) is 0 Å². The van der Waals surface area contributed by atoms with Crippen LogP contribution in [0.2, 0.25) is 0 Å². The fraction of sp³-hybridized carbons (Fsp3) is 0.882. The topological polar surface area (TPSA) is 27.3 Å². The molecule has 114 valence electrons. The standard InChI is InChI=1S/C17H31N3/c1-6-9-20-10-7-14(8-11-20)18-15-12-16(2,3)19-17(4,5)13-15/h1,14-15,18-19H,7-13H2,2-5H3. The number of terminal acetylenes is 1. The van der Waals surface area contributed by atoms with Gasteiger partial charge in [-0.1, -0.05) is 5.92 Å². The Kier molecular flexibility index (Phi) is 4.79. The molecule has 0 saturated carbocycles. The molecule has 0 aromatic heterocycles. The van der Waals surface area contributed by atoms with Gasteiger partial charge in [-0.3, -0.25) is 4.90 Å². The smallest absolute Gasteiger partial charge is 0.0598 e. The lowest BCUT2D eigenvalue weighted by molar-refractivity contribution is 0.126. The molecule has 20 heavy (non-hydrogen) atoms. The van der Waals surface area contributed by atoms with Crippen LogP contribution in [0.15, 0.2) is 0 Å². The minimum absolute atomic E-state index is 0.226. The van der Waals surface area contributed by atoms with Gasteiger partial charge in [-0.2, -0.15) is 0 Å². The van der Waals surface area contributed by atoms with Crippen LogP contribution in [0.3, 0.4) is 0 Å². The molecule has 3 nitrogen and oxygen atoms in total. The first-order chi connectivity index (χ1) is 9.30. The molecule has 2 rings (SSSR count). The number of nitrogens with zero attached hydrogens (tertiary/aromatic N) is 1. The minimum Gasteiger partial charge on any atom is -0.311 e. The monoisotopic (exact) mass is 277 g/mol. The summed E-state index contributed by atoms with van der Waals surface area (Å²) in [5.41, 5.74) is 0.452. The summed E-state index contributed by atoms with van der Waals surface area (Å²) in [6, 6.07) is 1.30. The van der Waals surface area contributed by atoms with E-state index in [1.807, 2.05) is 0 Å². The first kappa shape index (κ1) is 15.8. The molecule has 2 fully saturated rings. The van der Waals surface area contributed by atoms with E-state index < -0.39 is 0 Å². The van der Waals surface area contributed by atoms with Gasteiger partial charge in [0.05, 0.1) is 6.54 Å². The molecule has 0 aromatic rings. The maximum absolute atomic E-state index is 5.39. The summed E-state index contributed by atoms with van der Waals surface area (Å²) in [4.78, 5) is 2.38. The fourth-order valence-corrected chi connectivity index (χ4v) is 4.16. The molecule has 0 amide bonds. The molecule has 0 radical (unpaired) electrons. The van der Waals surface area contributed by atoms with Crippen molar-refractivity contribution in [2.75, 3.05) is 19.6 Å². The molecule has 0 atom stereocenters. The van der Waals surface area contributed by atoms with Crippen LogP contribution in [0, 0.1) is 12.3 Å². The van der Waals surface area contributed by atoms with Gasteiger partial charge in [-0.15, -0.1) is 6.42 Å². The first-order valence-corrected chi connectivity index (χ1v) is 8.01. The highest BCUT2D eigenvalue weighted by atomic mass is 15.1. The van der Waals surface area contributed by atoms with E-state index >= 15 is 0 Å². The van der Waals surface area contributed by atoms with Crippen LogP contribution in [0.5, 0.6) is 0 Å². The van der Waals surface area contributed by atoms with Crippen LogP contribution in [-0.2, 0) is 0 Å². The summed E-state index contributed by atoms with van der Waals surface area (Å²) < 4.78 is 0. The zero-order valence-electron chi connectivity index (χ0n) is 13.6. The molecule has 2 saturated heterocycles. The van der Waals surface area contributed by atoms with Crippen molar-refractivity contribution in [1.29, 1.82) is 0 Å². The van der Waals surface area contributed by atoms with E-state index in [0.717, 1.165) is 19.6 Å². The molecular formula is C17H31N3. The van der Waals surface area contributed by atoms with Crippen LogP contribution in [0.1, 0.15) is 53.4 Å². The Morgan fingerprint density at radius 3 is 2.15 bits per heavy atom. The van der Waals surface area contributed by atoms with E-state index in [0.29, 0.717) is 12.1 Å². The number of rotatable bonds is 3. The Bertz CT molecular complexity index is 343. The van der Waals surface area contributed by atoms with Crippen LogP contribution < -0.4 is 10.6 Å². The lowest BCUT2D eigenvalue weighted by Gasteiger charge is -2.48. The number of hydrogen-bond donors (Lipinski definition) is 2. The maximum Gasteiger partial charge on any atom is 0.0598 e. The van der Waals surface area contributed by atoms with Crippen LogP contribution in [0.25, 0.3) is 0 Å². The molecule has 0 aliphatic carbocycles. The summed E-state index contributed by atoms with van der Waals surface area (Å²) in [5, 5.41) is 7.67. The van der Waals surface area contributed by atoms with Crippen LogP contribution in [-0.4, -0.2) is 47.7 Å². The Balaban J connectivity index is 1.83. The first-order valence-electron chi connectivity index (χ1n) is 8.01. The third-order valence-electron chi connectivity index (χ3n) is 4.56. The Labute approximate surface area is 124 Å². The average molecular weight is 277 g/mol. The normalized spacial score (nSPS) is 28.1. The Morgan fingerprint density at radius 2 is 1.65 bits per heavy atom. The number of piperidine rings is 2. The molecule has 2 aliphatic heterocycles. The predicted octanol–water partition coefficient (Wildman–Crippen LogP) is 1.98. The molecule has 0 spiro atoms. The number of nitrogens with one attached hydrogen (secondary N) is 2. The van der Waals surface area contributed by atoms with Crippen LogP contribution in [0.4, 0.5) is 0 Å². The van der Waals surface area contributed by atoms with E-state index in [-0.39, 0.29) is 11.1 Å². The van der Waals surface area contributed by atoms with Gasteiger partial charge in [0.15, 0.2) is 0 Å². The SMILES string of the molecule is C#CCN1CCC(NC2CC(C)(C)NC(C)(C)C2)CC1. The lowest BCUT2D eigenvalue weighted by atomic mass is 9.79. The maximum atomic E-state index is 5.39. The molecule has 3 heteroatoms. The van der Waals surface area contributed by atoms with Crippen molar-refractivity contribution in [3.63, 3.8) is 0 Å². The third-order valence-corrected chi connectivity index (χ3v) is 4.56. The van der Waals surface area contributed by atoms with Crippen molar-refractivity contribution in [3.8, 4) is 12.3 Å². The third kappa shape index (κ3) is 4.48. The summed E-state index contributed by atoms with van der Waals surface area (Å²) in [5.74, 6) is 2.75. The zero-order valence-corrected chi connectivity index (χ0v) is 13.6. The lowest BCUT2D eigenvalue weighted by Crippen LogP contribution is -2.63. The van der Waals surface area contributed by atoms with Crippen molar-refractivity contribution in [2.45, 2.75) is 76.5 Å². The highest BCUT2D eigenvalue weighted by Crippen LogP contribution is 2.29. The van der Waals surface area contributed by atoms with Gasteiger partial charge < -0.3 is 10.6 Å². The second-order valence-corrected chi connectivity index (χ2v) is 7.92. The molecule has 2 N–H and O–H groups in total. The summed E-state index contributed by atoms with van der Waals surface area (Å²) >= 11 is 0. The second kappa shape index (κ2) is 6.05. The highest BCUT2D eigenvalue weighted by molar-refractivity contribution is 5.00. The Morgan fingerprint density at radius 1 is 1.10 bits per heavy atom. The fourth-order valence-electron chi connectivity index (χ4n) is 4.16. The van der Waals surface area contributed by atoms with Gasteiger partial charge in [0.2, 0.25) is 0 Å². The zero-order chi connectivity index (χ0) is 14.8. The summed E-state index contributed by atoms with van der Waals surface area (Å²) in [7, 11) is 0. The summed E-state index contributed by atoms with van der Waals surface area (Å²) in [6.45, 7) is 12.4. The van der Waals surface area contributed by atoms with Gasteiger partial charge in [-0.25, -0.2) is 0 Å². The molecule has 2 aliphatic rings. The van der Waals surface area contributed by atoms with E-state index in [1.54, 1.807) is 0 Å². The van der Waals surface area contributed by atoms with Crippen molar-refractivity contribution >= 4 is 0 Å². The Hall–Kier alpha value is -0.560. The van der Waals surface area contributed by atoms with Crippen LogP contribution >= 0.6 is 0 Å². The number of likely N-dealkylation sites (tertiary alicyclic amines) is 1. The number of hydrogen-bond acceptors (Lipinski definition) is 3. The van der Waals surface area contributed by atoms with E-state index in [1.165, 1.54) is 25.7 Å². The molecule has 0 aromatic carbocycles. The van der Waals surface area contributed by atoms with Gasteiger partial charge >= 0.3 is 0 Å². The largest absolute Gasteiger partial charge is 0.311 e. The minimum atomic E-state index is 0.226. The molecule has 2 heterocycles. The van der Waals surface area contributed by atoms with Gasteiger partial charge in [0.25, 0.3) is 0 Å². The quantitative estimate of drug-likeness (QED) is 0.773. The van der Waals surface area contributed by atoms with E-state index in [9.17, 15) is 0 Å². The molecular weight excluding hydrogens is 246 g/mol. The second-order valence-electron chi connectivity index (χ2n) is 7.92.